The first kappa shape index (κ1) is 16.6. The van der Waals surface area contributed by atoms with Gasteiger partial charge >= 0.3 is 0 Å². The molecule has 0 radical (unpaired) electrons. The molecule has 0 aliphatic carbocycles. The molecule has 0 spiro atoms. The van der Waals surface area contributed by atoms with E-state index in [0.717, 1.165) is 32.5 Å². The van der Waals surface area contributed by atoms with Crippen molar-refractivity contribution in [3.05, 3.63) is 36.2 Å². The number of methoxy groups -OCH3 is 3. The molecular formula is C18H25N3O3. The second-order valence-corrected chi connectivity index (χ2v) is 6.03. The fraction of sp³-hybridized carbons (Fsp3) is 0.500. The van der Waals surface area contributed by atoms with Gasteiger partial charge in [0.2, 0.25) is 5.75 Å². The van der Waals surface area contributed by atoms with Crippen molar-refractivity contribution in [2.75, 3.05) is 34.4 Å². The molecule has 1 aliphatic heterocycles. The van der Waals surface area contributed by atoms with Gasteiger partial charge in [0.25, 0.3) is 0 Å². The van der Waals surface area contributed by atoms with Crippen molar-refractivity contribution in [3.63, 3.8) is 0 Å². The highest BCUT2D eigenvalue weighted by atomic mass is 16.5. The number of aromatic nitrogens is 2. The zero-order valence-electron chi connectivity index (χ0n) is 14.6. The Morgan fingerprint density at radius 2 is 1.71 bits per heavy atom. The lowest BCUT2D eigenvalue weighted by molar-refractivity contribution is 0.173. The van der Waals surface area contributed by atoms with E-state index >= 15 is 0 Å². The first-order valence-electron chi connectivity index (χ1n) is 8.25. The SMILES string of the molecule is COc1cc(CN2CCC(n3cccn3)CC2)cc(OC)c1OC. The minimum Gasteiger partial charge on any atom is -0.493 e. The Hall–Kier alpha value is -2.21. The van der Waals surface area contributed by atoms with Crippen molar-refractivity contribution in [1.82, 2.24) is 14.7 Å². The molecule has 2 aromatic rings. The molecule has 0 atom stereocenters. The number of hydrogen-bond donors (Lipinski definition) is 0. The van der Waals surface area contributed by atoms with Gasteiger partial charge in [-0.2, -0.15) is 5.10 Å². The maximum absolute atomic E-state index is 5.44. The van der Waals surface area contributed by atoms with Crippen molar-refractivity contribution in [3.8, 4) is 17.2 Å². The average Bonchev–Trinajstić information content (AvgIpc) is 3.16. The van der Waals surface area contributed by atoms with E-state index in [2.05, 4.69) is 20.9 Å². The predicted molar refractivity (Wildman–Crippen MR) is 91.9 cm³/mol. The molecule has 24 heavy (non-hydrogen) atoms. The summed E-state index contributed by atoms with van der Waals surface area (Å²) < 4.78 is 18.3. The number of ether oxygens (including phenoxy) is 3. The Balaban J connectivity index is 1.66. The van der Waals surface area contributed by atoms with Crippen LogP contribution in [0.5, 0.6) is 17.2 Å². The van der Waals surface area contributed by atoms with Gasteiger partial charge in [-0.3, -0.25) is 9.58 Å². The second-order valence-electron chi connectivity index (χ2n) is 6.03. The van der Waals surface area contributed by atoms with Crippen molar-refractivity contribution >= 4 is 0 Å². The van der Waals surface area contributed by atoms with Crippen molar-refractivity contribution < 1.29 is 14.2 Å². The lowest BCUT2D eigenvalue weighted by Crippen LogP contribution is -2.34. The van der Waals surface area contributed by atoms with Gasteiger partial charge in [-0.15, -0.1) is 0 Å². The van der Waals surface area contributed by atoms with E-state index in [4.69, 9.17) is 14.2 Å². The summed E-state index contributed by atoms with van der Waals surface area (Å²) in [5.41, 5.74) is 1.17. The third-order valence-corrected chi connectivity index (χ3v) is 4.59. The van der Waals surface area contributed by atoms with Gasteiger partial charge in [0.05, 0.1) is 27.4 Å². The molecular weight excluding hydrogens is 306 g/mol. The van der Waals surface area contributed by atoms with Crippen LogP contribution in [0.15, 0.2) is 30.6 Å². The number of hydrogen-bond acceptors (Lipinski definition) is 5. The van der Waals surface area contributed by atoms with Crippen molar-refractivity contribution in [1.29, 1.82) is 0 Å². The van der Waals surface area contributed by atoms with Crippen LogP contribution in [0.4, 0.5) is 0 Å². The van der Waals surface area contributed by atoms with E-state index in [0.29, 0.717) is 23.3 Å². The normalized spacial score (nSPS) is 16.1. The smallest absolute Gasteiger partial charge is 0.203 e. The van der Waals surface area contributed by atoms with Gasteiger partial charge in [0.15, 0.2) is 11.5 Å². The van der Waals surface area contributed by atoms with Crippen LogP contribution < -0.4 is 14.2 Å². The Labute approximate surface area is 142 Å². The summed E-state index contributed by atoms with van der Waals surface area (Å²) in [6.45, 7) is 2.99. The largest absolute Gasteiger partial charge is 0.493 e. The van der Waals surface area contributed by atoms with E-state index in [1.54, 1.807) is 21.3 Å². The summed E-state index contributed by atoms with van der Waals surface area (Å²) in [6.07, 6.45) is 6.14. The van der Waals surface area contributed by atoms with E-state index in [1.807, 2.05) is 24.4 Å². The maximum Gasteiger partial charge on any atom is 0.203 e. The summed E-state index contributed by atoms with van der Waals surface area (Å²) in [4.78, 5) is 2.46. The van der Waals surface area contributed by atoms with Crippen LogP contribution >= 0.6 is 0 Å². The van der Waals surface area contributed by atoms with Crippen LogP contribution in [0.1, 0.15) is 24.4 Å². The van der Waals surface area contributed by atoms with Gasteiger partial charge in [-0.05, 0) is 36.6 Å². The first-order chi connectivity index (χ1) is 11.7. The third-order valence-electron chi connectivity index (χ3n) is 4.59. The van der Waals surface area contributed by atoms with E-state index < -0.39 is 0 Å². The minimum absolute atomic E-state index is 0.510. The maximum atomic E-state index is 5.44. The van der Waals surface area contributed by atoms with Crippen LogP contribution in [0.25, 0.3) is 0 Å². The fourth-order valence-corrected chi connectivity index (χ4v) is 3.32. The number of nitrogens with zero attached hydrogens (tertiary/aromatic N) is 3. The van der Waals surface area contributed by atoms with Crippen molar-refractivity contribution in [2.45, 2.75) is 25.4 Å². The summed E-state index contributed by atoms with van der Waals surface area (Å²) in [5, 5.41) is 4.36. The van der Waals surface area contributed by atoms with Crippen LogP contribution in [-0.2, 0) is 6.54 Å². The first-order valence-corrected chi connectivity index (χ1v) is 8.25. The summed E-state index contributed by atoms with van der Waals surface area (Å²) in [6, 6.07) is 6.56. The molecule has 1 aromatic heterocycles. The number of likely N-dealkylation sites (tertiary alicyclic amines) is 1. The van der Waals surface area contributed by atoms with E-state index in [1.165, 1.54) is 5.56 Å². The van der Waals surface area contributed by atoms with Gasteiger partial charge in [-0.25, -0.2) is 0 Å². The molecule has 0 unspecified atom stereocenters. The topological polar surface area (TPSA) is 48.8 Å². The predicted octanol–water partition coefficient (Wildman–Crippen LogP) is 2.75. The molecule has 1 aliphatic rings. The molecule has 130 valence electrons. The molecule has 0 bridgehead atoms. The minimum atomic E-state index is 0.510. The Bertz CT molecular complexity index is 625. The van der Waals surface area contributed by atoms with Gasteiger partial charge in [-0.1, -0.05) is 0 Å². The zero-order valence-corrected chi connectivity index (χ0v) is 14.6. The molecule has 3 rings (SSSR count). The highest BCUT2D eigenvalue weighted by molar-refractivity contribution is 5.53. The lowest BCUT2D eigenvalue weighted by Gasteiger charge is -2.32. The fourth-order valence-electron chi connectivity index (χ4n) is 3.32. The number of piperidine rings is 1. The highest BCUT2D eigenvalue weighted by Crippen LogP contribution is 2.38. The quantitative estimate of drug-likeness (QED) is 0.814. The second kappa shape index (κ2) is 7.57. The molecule has 0 amide bonds. The number of benzene rings is 1. The van der Waals surface area contributed by atoms with Crippen LogP contribution in [0.3, 0.4) is 0 Å². The Morgan fingerprint density at radius 3 is 2.21 bits per heavy atom. The molecule has 6 heteroatoms. The summed E-state index contributed by atoms with van der Waals surface area (Å²) in [7, 11) is 4.92. The summed E-state index contributed by atoms with van der Waals surface area (Å²) in [5.74, 6) is 2.05. The monoisotopic (exact) mass is 331 g/mol. The molecule has 1 saturated heterocycles. The Morgan fingerprint density at radius 1 is 1.04 bits per heavy atom. The molecule has 6 nitrogen and oxygen atoms in total. The Kier molecular flexibility index (Phi) is 5.25. The van der Waals surface area contributed by atoms with Gasteiger partial charge in [0.1, 0.15) is 0 Å². The lowest BCUT2D eigenvalue weighted by atomic mass is 10.0. The zero-order chi connectivity index (χ0) is 16.9. The van der Waals surface area contributed by atoms with Crippen LogP contribution in [-0.4, -0.2) is 49.1 Å². The van der Waals surface area contributed by atoms with Gasteiger partial charge < -0.3 is 14.2 Å². The van der Waals surface area contributed by atoms with E-state index in [-0.39, 0.29) is 0 Å². The van der Waals surface area contributed by atoms with Gasteiger partial charge in [0, 0.05) is 32.0 Å². The highest BCUT2D eigenvalue weighted by Gasteiger charge is 2.21. The third kappa shape index (κ3) is 3.48. The summed E-state index contributed by atoms with van der Waals surface area (Å²) >= 11 is 0. The molecule has 0 N–H and O–H groups in total. The average molecular weight is 331 g/mol. The van der Waals surface area contributed by atoms with Crippen LogP contribution in [0, 0.1) is 0 Å². The van der Waals surface area contributed by atoms with E-state index in [9.17, 15) is 0 Å². The van der Waals surface area contributed by atoms with Crippen LogP contribution in [0.2, 0.25) is 0 Å². The van der Waals surface area contributed by atoms with Crippen molar-refractivity contribution in [2.24, 2.45) is 0 Å². The standard InChI is InChI=1S/C18H25N3O3/c1-22-16-11-14(12-17(23-2)18(16)24-3)13-20-9-5-15(6-10-20)21-8-4-7-19-21/h4,7-8,11-12,15H,5-6,9-10,13H2,1-3H3. The molecule has 0 saturated carbocycles. The number of rotatable bonds is 6. The molecule has 1 fully saturated rings. The molecule has 1 aromatic carbocycles. The molecule has 2 heterocycles.